The molecule has 98 valence electrons. The Morgan fingerprint density at radius 2 is 1.94 bits per heavy atom. The van der Waals surface area contributed by atoms with E-state index in [4.69, 9.17) is 5.73 Å². The zero-order valence-electron chi connectivity index (χ0n) is 9.97. The number of phenols is 2. The molecule has 0 radical (unpaired) electrons. The molecule has 1 heterocycles. The number of nitrogens with zero attached hydrogens (tertiary/aromatic N) is 1. The van der Waals surface area contributed by atoms with Gasteiger partial charge in [0.2, 0.25) is 5.91 Å². The number of primary amides is 1. The highest BCUT2D eigenvalue weighted by molar-refractivity contribution is 5.81. The fraction of sp³-hybridized carbons (Fsp3) is 0.417. The van der Waals surface area contributed by atoms with E-state index in [2.05, 4.69) is 5.32 Å². The highest BCUT2D eigenvalue weighted by atomic mass is 16.3. The number of carbonyl (C=O) groups is 1. The predicted octanol–water partition coefficient (Wildman–Crippen LogP) is -0.471. The van der Waals surface area contributed by atoms with E-state index in [0.717, 1.165) is 26.2 Å². The Bertz CT molecular complexity index is 444. The SMILES string of the molecule is NC(=O)C(c1ccc(O)c(O)c1)N1CCNCC1. The molecule has 0 spiro atoms. The van der Waals surface area contributed by atoms with E-state index in [0.29, 0.717) is 5.56 Å². The average molecular weight is 251 g/mol. The number of benzene rings is 1. The summed E-state index contributed by atoms with van der Waals surface area (Å²) in [5.41, 5.74) is 6.04. The fourth-order valence-electron chi connectivity index (χ4n) is 2.21. The van der Waals surface area contributed by atoms with E-state index in [1.807, 2.05) is 4.90 Å². The Hall–Kier alpha value is -1.79. The summed E-state index contributed by atoms with van der Waals surface area (Å²) in [6.45, 7) is 3.03. The number of hydrogen-bond donors (Lipinski definition) is 4. The molecule has 1 aliphatic heterocycles. The van der Waals surface area contributed by atoms with Gasteiger partial charge in [-0.25, -0.2) is 0 Å². The normalized spacial score (nSPS) is 18.4. The highest BCUT2D eigenvalue weighted by Gasteiger charge is 2.27. The van der Waals surface area contributed by atoms with Crippen molar-refractivity contribution in [1.29, 1.82) is 0 Å². The molecule has 1 aromatic carbocycles. The van der Waals surface area contributed by atoms with E-state index < -0.39 is 11.9 Å². The summed E-state index contributed by atoms with van der Waals surface area (Å²) < 4.78 is 0. The van der Waals surface area contributed by atoms with Crippen molar-refractivity contribution in [1.82, 2.24) is 10.2 Å². The van der Waals surface area contributed by atoms with Crippen LogP contribution < -0.4 is 11.1 Å². The van der Waals surface area contributed by atoms with E-state index in [1.165, 1.54) is 12.1 Å². The second-order valence-electron chi connectivity index (χ2n) is 4.34. The molecule has 2 rings (SSSR count). The largest absolute Gasteiger partial charge is 0.504 e. The lowest BCUT2D eigenvalue weighted by molar-refractivity contribution is -0.123. The number of aromatic hydroxyl groups is 2. The van der Waals surface area contributed by atoms with Crippen molar-refractivity contribution in [2.75, 3.05) is 26.2 Å². The van der Waals surface area contributed by atoms with Crippen molar-refractivity contribution in [3.05, 3.63) is 23.8 Å². The number of carbonyl (C=O) groups excluding carboxylic acids is 1. The maximum absolute atomic E-state index is 11.6. The van der Waals surface area contributed by atoms with E-state index >= 15 is 0 Å². The van der Waals surface area contributed by atoms with Crippen molar-refractivity contribution in [2.45, 2.75) is 6.04 Å². The lowest BCUT2D eigenvalue weighted by Gasteiger charge is -2.33. The van der Waals surface area contributed by atoms with Crippen LogP contribution in [0.2, 0.25) is 0 Å². The first-order chi connectivity index (χ1) is 8.59. The molecular weight excluding hydrogens is 234 g/mol. The molecule has 1 amide bonds. The molecule has 1 fully saturated rings. The van der Waals surface area contributed by atoms with E-state index in [1.54, 1.807) is 6.07 Å². The van der Waals surface area contributed by atoms with Gasteiger partial charge in [0, 0.05) is 26.2 Å². The smallest absolute Gasteiger partial charge is 0.239 e. The first-order valence-corrected chi connectivity index (χ1v) is 5.85. The summed E-state index contributed by atoms with van der Waals surface area (Å²) in [5, 5.41) is 22.0. The van der Waals surface area contributed by atoms with Crippen molar-refractivity contribution in [2.24, 2.45) is 5.73 Å². The predicted molar refractivity (Wildman–Crippen MR) is 66.1 cm³/mol. The Morgan fingerprint density at radius 3 is 2.50 bits per heavy atom. The van der Waals surface area contributed by atoms with Crippen LogP contribution in [-0.2, 0) is 4.79 Å². The zero-order chi connectivity index (χ0) is 13.1. The number of rotatable bonds is 3. The van der Waals surface area contributed by atoms with Gasteiger partial charge in [-0.1, -0.05) is 6.07 Å². The van der Waals surface area contributed by atoms with Crippen molar-refractivity contribution >= 4 is 5.91 Å². The molecular formula is C12H17N3O3. The number of nitrogens with two attached hydrogens (primary N) is 1. The van der Waals surface area contributed by atoms with Crippen LogP contribution in [0.25, 0.3) is 0 Å². The van der Waals surface area contributed by atoms with Crippen LogP contribution in [-0.4, -0.2) is 47.2 Å². The summed E-state index contributed by atoms with van der Waals surface area (Å²) >= 11 is 0. The average Bonchev–Trinajstić information content (AvgIpc) is 2.35. The number of piperazine rings is 1. The molecule has 0 bridgehead atoms. The molecule has 6 nitrogen and oxygen atoms in total. The maximum atomic E-state index is 11.6. The van der Waals surface area contributed by atoms with Crippen LogP contribution in [0.15, 0.2) is 18.2 Å². The van der Waals surface area contributed by atoms with Crippen molar-refractivity contribution in [3.63, 3.8) is 0 Å². The molecule has 1 atom stereocenters. The summed E-state index contributed by atoms with van der Waals surface area (Å²) in [6.07, 6.45) is 0. The summed E-state index contributed by atoms with van der Waals surface area (Å²) in [7, 11) is 0. The molecule has 6 heteroatoms. The third-order valence-corrected chi connectivity index (χ3v) is 3.10. The number of phenolic OH excluding ortho intramolecular Hbond substituents is 2. The summed E-state index contributed by atoms with van der Waals surface area (Å²) in [6, 6.07) is 3.78. The minimum atomic E-state index is -0.571. The number of amides is 1. The Kier molecular flexibility index (Phi) is 3.69. The molecule has 1 aliphatic rings. The number of hydrogen-bond acceptors (Lipinski definition) is 5. The summed E-state index contributed by atoms with van der Waals surface area (Å²) in [4.78, 5) is 13.6. The Balaban J connectivity index is 2.28. The van der Waals surface area contributed by atoms with Crippen LogP contribution in [0, 0.1) is 0 Å². The van der Waals surface area contributed by atoms with Crippen molar-refractivity contribution < 1.29 is 15.0 Å². The van der Waals surface area contributed by atoms with Crippen LogP contribution in [0.3, 0.4) is 0 Å². The van der Waals surface area contributed by atoms with Gasteiger partial charge in [-0.15, -0.1) is 0 Å². The minimum Gasteiger partial charge on any atom is -0.504 e. The monoisotopic (exact) mass is 251 g/mol. The fourth-order valence-corrected chi connectivity index (χ4v) is 2.21. The second-order valence-corrected chi connectivity index (χ2v) is 4.34. The van der Waals surface area contributed by atoms with Gasteiger partial charge in [-0.3, -0.25) is 9.69 Å². The molecule has 1 unspecified atom stereocenters. The molecule has 0 aromatic heterocycles. The van der Waals surface area contributed by atoms with Gasteiger partial charge < -0.3 is 21.3 Å². The second kappa shape index (κ2) is 5.24. The van der Waals surface area contributed by atoms with Gasteiger partial charge in [0.05, 0.1) is 0 Å². The Morgan fingerprint density at radius 1 is 1.28 bits per heavy atom. The molecule has 1 aromatic rings. The first kappa shape index (κ1) is 12.7. The first-order valence-electron chi connectivity index (χ1n) is 5.85. The van der Waals surface area contributed by atoms with Crippen molar-refractivity contribution in [3.8, 4) is 11.5 Å². The van der Waals surface area contributed by atoms with Crippen LogP contribution in [0.4, 0.5) is 0 Å². The maximum Gasteiger partial charge on any atom is 0.239 e. The molecule has 1 saturated heterocycles. The quantitative estimate of drug-likeness (QED) is 0.544. The van der Waals surface area contributed by atoms with E-state index in [-0.39, 0.29) is 11.5 Å². The standard InChI is InChI=1S/C12H17N3O3/c13-12(18)11(15-5-3-14-4-6-15)8-1-2-9(16)10(17)7-8/h1-2,7,11,14,16-17H,3-6H2,(H2,13,18). The third-order valence-electron chi connectivity index (χ3n) is 3.10. The molecule has 18 heavy (non-hydrogen) atoms. The summed E-state index contributed by atoms with van der Waals surface area (Å²) in [5.74, 6) is -0.904. The van der Waals surface area contributed by atoms with Crippen LogP contribution >= 0.6 is 0 Å². The molecule has 0 saturated carbocycles. The van der Waals surface area contributed by atoms with Gasteiger partial charge >= 0.3 is 0 Å². The van der Waals surface area contributed by atoms with Gasteiger partial charge in [0.15, 0.2) is 11.5 Å². The molecule has 0 aliphatic carbocycles. The van der Waals surface area contributed by atoms with Gasteiger partial charge in [-0.05, 0) is 17.7 Å². The van der Waals surface area contributed by atoms with Crippen LogP contribution in [0.5, 0.6) is 11.5 Å². The number of nitrogens with one attached hydrogen (secondary N) is 1. The van der Waals surface area contributed by atoms with E-state index in [9.17, 15) is 15.0 Å². The highest BCUT2D eigenvalue weighted by Crippen LogP contribution is 2.30. The lowest BCUT2D eigenvalue weighted by atomic mass is 10.0. The topological polar surface area (TPSA) is 98.8 Å². The zero-order valence-corrected chi connectivity index (χ0v) is 9.97. The minimum absolute atomic E-state index is 0.206. The van der Waals surface area contributed by atoms with Gasteiger partial charge in [0.25, 0.3) is 0 Å². The molecule has 5 N–H and O–H groups in total. The third kappa shape index (κ3) is 2.55. The van der Waals surface area contributed by atoms with Gasteiger partial charge in [0.1, 0.15) is 6.04 Å². The van der Waals surface area contributed by atoms with Gasteiger partial charge in [-0.2, -0.15) is 0 Å². The van der Waals surface area contributed by atoms with Crippen LogP contribution in [0.1, 0.15) is 11.6 Å². The lowest BCUT2D eigenvalue weighted by Crippen LogP contribution is -2.48. The Labute approximate surface area is 105 Å².